The molecule has 0 fully saturated rings. The predicted octanol–water partition coefficient (Wildman–Crippen LogP) is 3.73. The second-order valence-electron chi connectivity index (χ2n) is 6.11. The number of rotatable bonds is 8. The lowest BCUT2D eigenvalue weighted by Gasteiger charge is -2.20. The first-order valence-corrected chi connectivity index (χ1v) is 8.99. The number of amides is 1. The second kappa shape index (κ2) is 8.98. The smallest absolute Gasteiger partial charge is 0.227 e. The van der Waals surface area contributed by atoms with Crippen LogP contribution in [0.15, 0.2) is 59.1 Å². The first-order valence-electron chi connectivity index (χ1n) is 8.99. The van der Waals surface area contributed by atoms with E-state index in [2.05, 4.69) is 10.1 Å². The molecule has 0 N–H and O–H groups in total. The molecule has 0 atom stereocenters. The van der Waals surface area contributed by atoms with E-state index >= 15 is 0 Å². The van der Waals surface area contributed by atoms with E-state index < -0.39 is 0 Å². The van der Waals surface area contributed by atoms with E-state index in [0.29, 0.717) is 43.4 Å². The molecule has 0 spiro atoms. The Labute approximate surface area is 158 Å². The molecule has 2 aromatic carbocycles. The largest absolute Gasteiger partial charge is 0.496 e. The minimum Gasteiger partial charge on any atom is -0.496 e. The second-order valence-corrected chi connectivity index (χ2v) is 6.11. The molecule has 0 saturated carbocycles. The zero-order chi connectivity index (χ0) is 19.1. The van der Waals surface area contributed by atoms with Gasteiger partial charge in [-0.1, -0.05) is 47.6 Å². The number of aryl methyl sites for hydroxylation is 1. The highest BCUT2D eigenvalue weighted by molar-refractivity contribution is 5.76. The molecule has 1 amide bonds. The molecule has 0 aliphatic carbocycles. The summed E-state index contributed by atoms with van der Waals surface area (Å²) >= 11 is 0. The fourth-order valence-electron chi connectivity index (χ4n) is 2.85. The highest BCUT2D eigenvalue weighted by Crippen LogP contribution is 2.27. The molecule has 140 valence electrons. The molecule has 3 rings (SSSR count). The van der Waals surface area contributed by atoms with Gasteiger partial charge in [-0.2, -0.15) is 4.98 Å². The quantitative estimate of drug-likeness (QED) is 0.608. The van der Waals surface area contributed by atoms with Gasteiger partial charge in [-0.25, -0.2) is 0 Å². The van der Waals surface area contributed by atoms with Crippen molar-refractivity contribution in [3.8, 4) is 17.1 Å². The zero-order valence-electron chi connectivity index (χ0n) is 15.6. The maximum absolute atomic E-state index is 12.5. The van der Waals surface area contributed by atoms with Crippen LogP contribution in [0, 0.1) is 0 Å². The Morgan fingerprint density at radius 3 is 2.59 bits per heavy atom. The Morgan fingerprint density at radius 2 is 1.85 bits per heavy atom. The third-order valence-corrected chi connectivity index (χ3v) is 4.32. The molecule has 0 unspecified atom stereocenters. The molecular formula is C21H23N3O3. The number of benzene rings is 2. The van der Waals surface area contributed by atoms with E-state index in [-0.39, 0.29) is 5.91 Å². The van der Waals surface area contributed by atoms with Crippen LogP contribution >= 0.6 is 0 Å². The SMILES string of the molecule is CCN(Cc1ccccc1)C(=O)CCc1nc(-c2ccccc2OC)no1. The van der Waals surface area contributed by atoms with Crippen LogP contribution in [0.3, 0.4) is 0 Å². The lowest BCUT2D eigenvalue weighted by atomic mass is 10.2. The number of methoxy groups -OCH3 is 1. The predicted molar refractivity (Wildman–Crippen MR) is 102 cm³/mol. The molecule has 6 nitrogen and oxygen atoms in total. The summed E-state index contributed by atoms with van der Waals surface area (Å²) in [6.07, 6.45) is 0.737. The molecule has 0 saturated heterocycles. The van der Waals surface area contributed by atoms with Crippen LogP contribution in [0.4, 0.5) is 0 Å². The summed E-state index contributed by atoms with van der Waals surface area (Å²) in [4.78, 5) is 18.8. The average Bonchev–Trinajstić information content (AvgIpc) is 3.19. The number of carbonyl (C=O) groups excluding carboxylic acids is 1. The average molecular weight is 365 g/mol. The molecule has 3 aromatic rings. The van der Waals surface area contributed by atoms with Crippen molar-refractivity contribution >= 4 is 5.91 Å². The molecule has 0 bridgehead atoms. The van der Waals surface area contributed by atoms with Crippen molar-refractivity contribution in [2.24, 2.45) is 0 Å². The van der Waals surface area contributed by atoms with Gasteiger partial charge in [0.1, 0.15) is 5.75 Å². The summed E-state index contributed by atoms with van der Waals surface area (Å²) < 4.78 is 10.6. The van der Waals surface area contributed by atoms with E-state index in [1.165, 1.54) is 0 Å². The number of carbonyl (C=O) groups is 1. The van der Waals surface area contributed by atoms with Crippen LogP contribution in [0.1, 0.15) is 24.8 Å². The maximum Gasteiger partial charge on any atom is 0.227 e. The molecule has 27 heavy (non-hydrogen) atoms. The van der Waals surface area contributed by atoms with Gasteiger partial charge < -0.3 is 14.2 Å². The van der Waals surface area contributed by atoms with Crippen molar-refractivity contribution in [2.45, 2.75) is 26.3 Å². The Balaban J connectivity index is 1.61. The highest BCUT2D eigenvalue weighted by Gasteiger charge is 2.16. The van der Waals surface area contributed by atoms with Gasteiger partial charge in [-0.05, 0) is 24.6 Å². The van der Waals surface area contributed by atoms with Gasteiger partial charge >= 0.3 is 0 Å². The van der Waals surface area contributed by atoms with Gasteiger partial charge in [0.25, 0.3) is 0 Å². The Hall–Kier alpha value is -3.15. The van der Waals surface area contributed by atoms with Crippen LogP contribution in [0.25, 0.3) is 11.4 Å². The lowest BCUT2D eigenvalue weighted by molar-refractivity contribution is -0.131. The van der Waals surface area contributed by atoms with E-state index in [9.17, 15) is 4.79 Å². The Morgan fingerprint density at radius 1 is 1.11 bits per heavy atom. The fraction of sp³-hybridized carbons (Fsp3) is 0.286. The molecule has 0 aliphatic rings. The summed E-state index contributed by atoms with van der Waals surface area (Å²) in [5.41, 5.74) is 1.88. The number of hydrogen-bond acceptors (Lipinski definition) is 5. The molecule has 0 radical (unpaired) electrons. The third kappa shape index (κ3) is 4.73. The standard InChI is InChI=1S/C21H23N3O3/c1-3-24(15-16-9-5-4-6-10-16)20(25)14-13-19-22-21(23-27-19)17-11-7-8-12-18(17)26-2/h4-12H,3,13-15H2,1-2H3. The van der Waals surface area contributed by atoms with E-state index in [0.717, 1.165) is 11.1 Å². The molecule has 6 heteroatoms. The van der Waals surface area contributed by atoms with Crippen molar-refractivity contribution in [3.05, 3.63) is 66.1 Å². The number of aromatic nitrogens is 2. The van der Waals surface area contributed by atoms with Crippen molar-refractivity contribution in [1.29, 1.82) is 0 Å². The molecule has 1 aromatic heterocycles. The topological polar surface area (TPSA) is 68.5 Å². The fourth-order valence-corrected chi connectivity index (χ4v) is 2.85. The van der Waals surface area contributed by atoms with Gasteiger partial charge in [0.2, 0.25) is 17.6 Å². The normalized spacial score (nSPS) is 10.6. The van der Waals surface area contributed by atoms with Crippen molar-refractivity contribution < 1.29 is 14.1 Å². The van der Waals surface area contributed by atoms with Crippen LogP contribution in [-0.2, 0) is 17.8 Å². The minimum absolute atomic E-state index is 0.0680. The monoisotopic (exact) mass is 365 g/mol. The molecule has 1 heterocycles. The van der Waals surface area contributed by atoms with Crippen LogP contribution in [0.5, 0.6) is 5.75 Å². The van der Waals surface area contributed by atoms with Crippen molar-refractivity contribution in [3.63, 3.8) is 0 Å². The third-order valence-electron chi connectivity index (χ3n) is 4.32. The van der Waals surface area contributed by atoms with E-state index in [4.69, 9.17) is 9.26 Å². The minimum atomic E-state index is 0.0680. The van der Waals surface area contributed by atoms with E-state index in [1.54, 1.807) is 7.11 Å². The maximum atomic E-state index is 12.5. The van der Waals surface area contributed by atoms with Crippen LogP contribution in [-0.4, -0.2) is 34.6 Å². The van der Waals surface area contributed by atoms with Gasteiger partial charge in [-0.15, -0.1) is 0 Å². The molecular weight excluding hydrogens is 342 g/mol. The van der Waals surface area contributed by atoms with Gasteiger partial charge in [0.15, 0.2) is 0 Å². The number of para-hydroxylation sites is 1. The summed E-state index contributed by atoms with van der Waals surface area (Å²) in [6.45, 7) is 3.24. The zero-order valence-corrected chi connectivity index (χ0v) is 15.6. The van der Waals surface area contributed by atoms with Gasteiger partial charge in [0, 0.05) is 25.9 Å². The summed E-state index contributed by atoms with van der Waals surface area (Å²) in [5, 5.41) is 4.01. The lowest BCUT2D eigenvalue weighted by Crippen LogP contribution is -2.30. The Bertz CT molecular complexity index is 877. The number of hydrogen-bond donors (Lipinski definition) is 0. The van der Waals surface area contributed by atoms with Crippen LogP contribution < -0.4 is 4.74 Å². The summed E-state index contributed by atoms with van der Waals surface area (Å²) in [6, 6.07) is 17.5. The van der Waals surface area contributed by atoms with Crippen molar-refractivity contribution in [1.82, 2.24) is 15.0 Å². The summed E-state index contributed by atoms with van der Waals surface area (Å²) in [7, 11) is 1.60. The van der Waals surface area contributed by atoms with Crippen molar-refractivity contribution in [2.75, 3.05) is 13.7 Å². The number of ether oxygens (including phenoxy) is 1. The first kappa shape index (κ1) is 18.6. The summed E-state index contributed by atoms with van der Waals surface area (Å²) in [5.74, 6) is 1.66. The highest BCUT2D eigenvalue weighted by atomic mass is 16.5. The van der Waals surface area contributed by atoms with Crippen LogP contribution in [0.2, 0.25) is 0 Å². The van der Waals surface area contributed by atoms with E-state index in [1.807, 2.05) is 66.4 Å². The first-order chi connectivity index (χ1) is 13.2. The van der Waals surface area contributed by atoms with Gasteiger partial charge in [-0.3, -0.25) is 4.79 Å². The Kier molecular flexibility index (Phi) is 6.20. The number of nitrogens with zero attached hydrogens (tertiary/aromatic N) is 3. The molecule has 0 aliphatic heterocycles. The van der Waals surface area contributed by atoms with Gasteiger partial charge in [0.05, 0.1) is 12.7 Å².